The van der Waals surface area contributed by atoms with Gasteiger partial charge >= 0.3 is 0 Å². The minimum absolute atomic E-state index is 0.355. The van der Waals surface area contributed by atoms with Crippen molar-refractivity contribution in [3.63, 3.8) is 0 Å². The van der Waals surface area contributed by atoms with Crippen LogP contribution in [0.25, 0.3) is 0 Å². The molecular weight excluding hydrogens is 272 g/mol. The van der Waals surface area contributed by atoms with E-state index in [0.29, 0.717) is 10.2 Å². The van der Waals surface area contributed by atoms with Crippen LogP contribution < -0.4 is 0 Å². The van der Waals surface area contributed by atoms with Crippen LogP contribution in [0.15, 0.2) is 12.1 Å². The summed E-state index contributed by atoms with van der Waals surface area (Å²) in [5, 5.41) is 0. The van der Waals surface area contributed by atoms with Crippen molar-refractivity contribution in [1.82, 2.24) is 0 Å². The lowest BCUT2D eigenvalue weighted by Gasteiger charge is -2.28. The summed E-state index contributed by atoms with van der Waals surface area (Å²) in [5.41, 5.74) is 6.15. The van der Waals surface area contributed by atoms with Crippen LogP contribution in [0.4, 0.5) is 0 Å². The topological polar surface area (TPSA) is 0 Å². The molecular formula is C16H25Br. The smallest absolute Gasteiger partial charge is 0.0122 e. The van der Waals surface area contributed by atoms with E-state index in [2.05, 4.69) is 69.6 Å². The predicted octanol–water partition coefficient (Wildman–Crippen LogP) is 5.35. The first kappa shape index (κ1) is 14.8. The number of rotatable bonds is 4. The van der Waals surface area contributed by atoms with Crippen LogP contribution in [-0.2, 0) is 6.42 Å². The molecule has 0 aliphatic heterocycles. The molecule has 0 amide bonds. The Morgan fingerprint density at radius 1 is 1.12 bits per heavy atom. The Labute approximate surface area is 115 Å². The van der Waals surface area contributed by atoms with Gasteiger partial charge in [-0.15, -0.1) is 0 Å². The average molecular weight is 297 g/mol. The van der Waals surface area contributed by atoms with Crippen molar-refractivity contribution in [3.05, 3.63) is 34.4 Å². The Bertz CT molecular complexity index is 366. The van der Waals surface area contributed by atoms with E-state index in [9.17, 15) is 0 Å². The van der Waals surface area contributed by atoms with Crippen molar-refractivity contribution >= 4 is 15.9 Å². The zero-order chi connectivity index (χ0) is 13.2. The van der Waals surface area contributed by atoms with Crippen LogP contribution in [0.5, 0.6) is 0 Å². The summed E-state index contributed by atoms with van der Waals surface area (Å²) in [7, 11) is 0. The molecule has 1 atom stereocenters. The van der Waals surface area contributed by atoms with Crippen LogP contribution in [0.3, 0.4) is 0 Å². The second kappa shape index (κ2) is 5.56. The largest absolute Gasteiger partial charge is 0.0893 e. The van der Waals surface area contributed by atoms with E-state index < -0.39 is 0 Å². The molecule has 96 valence electrons. The summed E-state index contributed by atoms with van der Waals surface area (Å²) >= 11 is 3.67. The lowest BCUT2D eigenvalue weighted by atomic mass is 9.79. The van der Waals surface area contributed by atoms with E-state index in [1.165, 1.54) is 35.1 Å². The summed E-state index contributed by atoms with van der Waals surface area (Å²) in [5.74, 6) is 0. The Morgan fingerprint density at radius 2 is 1.59 bits per heavy atom. The molecule has 17 heavy (non-hydrogen) atoms. The molecule has 0 fully saturated rings. The number of benzene rings is 1. The zero-order valence-electron chi connectivity index (χ0n) is 12.0. The fourth-order valence-corrected chi connectivity index (χ4v) is 3.68. The normalized spacial score (nSPS) is 13.8. The van der Waals surface area contributed by atoms with Crippen molar-refractivity contribution in [2.75, 3.05) is 0 Å². The highest BCUT2D eigenvalue weighted by molar-refractivity contribution is 9.09. The first-order chi connectivity index (χ1) is 7.71. The molecule has 0 aliphatic rings. The minimum atomic E-state index is 0.355. The van der Waals surface area contributed by atoms with Crippen molar-refractivity contribution in [3.8, 4) is 0 Å². The summed E-state index contributed by atoms with van der Waals surface area (Å²) in [6, 6.07) is 4.60. The highest BCUT2D eigenvalue weighted by atomic mass is 79.9. The molecule has 0 bridgehead atoms. The molecule has 0 heterocycles. The number of hydrogen-bond donors (Lipinski definition) is 0. The standard InChI is InChI=1S/C16H25Br/c1-11-7-12(2)15(13(3)8-11)10-16(5,6)9-14(4)17/h7-8,14H,9-10H2,1-6H3. The second-order valence-corrected chi connectivity index (χ2v) is 7.77. The molecule has 0 N–H and O–H groups in total. The molecule has 0 aromatic heterocycles. The van der Waals surface area contributed by atoms with Crippen LogP contribution >= 0.6 is 15.9 Å². The summed E-state index contributed by atoms with van der Waals surface area (Å²) in [6.45, 7) is 13.6. The molecule has 0 saturated carbocycles. The lowest BCUT2D eigenvalue weighted by molar-refractivity contribution is 0.334. The Kier molecular flexibility index (Phi) is 4.83. The van der Waals surface area contributed by atoms with Gasteiger partial charge in [-0.3, -0.25) is 0 Å². The molecule has 1 unspecified atom stereocenters. The second-order valence-electron chi connectivity index (χ2n) is 6.20. The average Bonchev–Trinajstić information content (AvgIpc) is 2.09. The SMILES string of the molecule is Cc1cc(C)c(CC(C)(C)CC(C)Br)c(C)c1. The molecule has 0 nitrogen and oxygen atoms in total. The molecule has 0 aliphatic carbocycles. The van der Waals surface area contributed by atoms with Gasteiger partial charge in [0.15, 0.2) is 0 Å². The maximum absolute atomic E-state index is 3.67. The lowest BCUT2D eigenvalue weighted by Crippen LogP contribution is -2.20. The molecule has 1 aromatic carbocycles. The fraction of sp³-hybridized carbons (Fsp3) is 0.625. The van der Waals surface area contributed by atoms with Gasteiger partial charge in [-0.25, -0.2) is 0 Å². The van der Waals surface area contributed by atoms with Gasteiger partial charge in [-0.05, 0) is 55.7 Å². The van der Waals surface area contributed by atoms with Crippen LogP contribution in [-0.4, -0.2) is 4.83 Å². The Hall–Kier alpha value is -0.300. The number of halogens is 1. The summed E-state index contributed by atoms with van der Waals surface area (Å²) in [4.78, 5) is 0.587. The van der Waals surface area contributed by atoms with E-state index in [1.807, 2.05) is 0 Å². The Balaban J connectivity index is 2.95. The maximum Gasteiger partial charge on any atom is 0.0122 e. The third-order valence-electron chi connectivity index (χ3n) is 3.33. The van der Waals surface area contributed by atoms with Gasteiger partial charge in [-0.2, -0.15) is 0 Å². The molecule has 1 aromatic rings. The third kappa shape index (κ3) is 4.46. The molecule has 1 rings (SSSR count). The molecule has 0 spiro atoms. The number of aryl methyl sites for hydroxylation is 3. The molecule has 0 radical (unpaired) electrons. The maximum atomic E-state index is 3.67. The highest BCUT2D eigenvalue weighted by Crippen LogP contribution is 2.32. The van der Waals surface area contributed by atoms with Crippen molar-refractivity contribution in [2.24, 2.45) is 5.41 Å². The van der Waals surface area contributed by atoms with Gasteiger partial charge in [-0.1, -0.05) is 54.4 Å². The van der Waals surface area contributed by atoms with Gasteiger partial charge in [0.1, 0.15) is 0 Å². The molecule has 0 saturated heterocycles. The molecule has 1 heteroatoms. The number of alkyl halides is 1. The Morgan fingerprint density at radius 3 is 2.00 bits per heavy atom. The van der Waals surface area contributed by atoms with Crippen molar-refractivity contribution in [1.29, 1.82) is 0 Å². The summed E-state index contributed by atoms with van der Waals surface area (Å²) < 4.78 is 0. The fourth-order valence-electron chi connectivity index (χ4n) is 2.80. The first-order valence-corrected chi connectivity index (χ1v) is 7.33. The van der Waals surface area contributed by atoms with Gasteiger partial charge in [0.2, 0.25) is 0 Å². The summed E-state index contributed by atoms with van der Waals surface area (Å²) in [6.07, 6.45) is 2.38. The van der Waals surface area contributed by atoms with E-state index in [1.54, 1.807) is 0 Å². The van der Waals surface area contributed by atoms with Crippen LogP contribution in [0.2, 0.25) is 0 Å². The van der Waals surface area contributed by atoms with E-state index in [-0.39, 0.29) is 0 Å². The third-order valence-corrected chi connectivity index (χ3v) is 3.65. The van der Waals surface area contributed by atoms with E-state index >= 15 is 0 Å². The van der Waals surface area contributed by atoms with Gasteiger partial charge < -0.3 is 0 Å². The van der Waals surface area contributed by atoms with E-state index in [4.69, 9.17) is 0 Å². The van der Waals surface area contributed by atoms with Crippen molar-refractivity contribution < 1.29 is 0 Å². The van der Waals surface area contributed by atoms with Gasteiger partial charge in [0, 0.05) is 4.83 Å². The quantitative estimate of drug-likeness (QED) is 0.657. The zero-order valence-corrected chi connectivity index (χ0v) is 13.6. The predicted molar refractivity (Wildman–Crippen MR) is 81.1 cm³/mol. The van der Waals surface area contributed by atoms with Crippen LogP contribution in [0.1, 0.15) is 49.4 Å². The van der Waals surface area contributed by atoms with Crippen molar-refractivity contribution in [2.45, 2.75) is 59.2 Å². The van der Waals surface area contributed by atoms with Crippen LogP contribution in [0, 0.1) is 26.2 Å². The van der Waals surface area contributed by atoms with E-state index in [0.717, 1.165) is 0 Å². The monoisotopic (exact) mass is 296 g/mol. The minimum Gasteiger partial charge on any atom is -0.0893 e. The number of hydrogen-bond acceptors (Lipinski definition) is 0. The van der Waals surface area contributed by atoms with Gasteiger partial charge in [0.05, 0.1) is 0 Å². The highest BCUT2D eigenvalue weighted by Gasteiger charge is 2.22. The van der Waals surface area contributed by atoms with Gasteiger partial charge in [0.25, 0.3) is 0 Å². The first-order valence-electron chi connectivity index (χ1n) is 6.42.